The predicted octanol–water partition coefficient (Wildman–Crippen LogP) is 1.15. The molecule has 0 bridgehead atoms. The fourth-order valence-corrected chi connectivity index (χ4v) is 2.96. The van der Waals surface area contributed by atoms with E-state index in [1.807, 2.05) is 6.92 Å². The topological polar surface area (TPSA) is 92.5 Å². The number of likely N-dealkylation sites (tertiary alicyclic amines) is 1. The Balaban J connectivity index is 1.99. The van der Waals surface area contributed by atoms with Gasteiger partial charge in [-0.2, -0.15) is 0 Å². The smallest absolute Gasteiger partial charge is 0.241 e. The third kappa shape index (κ3) is 4.26. The molecule has 1 atom stereocenters. The number of rotatable bonds is 4. The molecule has 1 unspecified atom stereocenters. The molecule has 1 aliphatic heterocycles. The molecule has 1 saturated heterocycles. The zero-order chi connectivity index (χ0) is 15.5. The molecule has 116 valence electrons. The molecule has 1 aliphatic rings. The van der Waals surface area contributed by atoms with Crippen LogP contribution in [0.25, 0.3) is 0 Å². The SMILES string of the molecule is CC(C(=O)Nc1ccc(S(N)(=O)=O)cc1)N1CCCCC1. The molecule has 7 heteroatoms. The monoisotopic (exact) mass is 311 g/mol. The molecule has 1 aromatic rings. The van der Waals surface area contributed by atoms with Crippen LogP contribution < -0.4 is 10.5 Å². The summed E-state index contributed by atoms with van der Waals surface area (Å²) in [6.07, 6.45) is 3.47. The van der Waals surface area contributed by atoms with E-state index in [0.717, 1.165) is 25.9 Å². The van der Waals surface area contributed by atoms with Gasteiger partial charge >= 0.3 is 0 Å². The molecule has 6 nitrogen and oxygen atoms in total. The summed E-state index contributed by atoms with van der Waals surface area (Å²) in [6, 6.07) is 5.66. The standard InChI is InChI=1S/C14H21N3O3S/c1-11(17-9-3-2-4-10-17)14(18)16-12-5-7-13(8-6-12)21(15,19)20/h5-8,11H,2-4,9-10H2,1H3,(H,16,18)(H2,15,19,20). The lowest BCUT2D eigenvalue weighted by molar-refractivity contribution is -0.121. The van der Waals surface area contributed by atoms with E-state index in [9.17, 15) is 13.2 Å². The highest BCUT2D eigenvalue weighted by Crippen LogP contribution is 2.16. The number of carbonyl (C=O) groups excluding carboxylic acids is 1. The van der Waals surface area contributed by atoms with Gasteiger partial charge in [-0.15, -0.1) is 0 Å². The van der Waals surface area contributed by atoms with E-state index in [1.165, 1.54) is 18.6 Å². The van der Waals surface area contributed by atoms with Crippen LogP contribution in [0.15, 0.2) is 29.2 Å². The second-order valence-electron chi connectivity index (χ2n) is 5.33. The van der Waals surface area contributed by atoms with Gasteiger partial charge in [-0.1, -0.05) is 6.42 Å². The molecule has 0 spiro atoms. The van der Waals surface area contributed by atoms with E-state index < -0.39 is 10.0 Å². The Bertz CT molecular complexity index is 592. The molecule has 1 amide bonds. The number of carbonyl (C=O) groups is 1. The van der Waals surface area contributed by atoms with Crippen LogP contribution in [0.2, 0.25) is 0 Å². The second kappa shape index (κ2) is 6.55. The molecule has 0 saturated carbocycles. The molecule has 3 N–H and O–H groups in total. The Kier molecular flexibility index (Phi) is 4.97. The largest absolute Gasteiger partial charge is 0.325 e. The Morgan fingerprint density at radius 3 is 2.29 bits per heavy atom. The summed E-state index contributed by atoms with van der Waals surface area (Å²) in [5.74, 6) is -0.0831. The van der Waals surface area contributed by atoms with Crippen LogP contribution in [0.4, 0.5) is 5.69 Å². The summed E-state index contributed by atoms with van der Waals surface area (Å²) in [7, 11) is -3.70. The van der Waals surface area contributed by atoms with Crippen molar-refractivity contribution in [3.05, 3.63) is 24.3 Å². The first-order valence-electron chi connectivity index (χ1n) is 7.06. The maximum Gasteiger partial charge on any atom is 0.241 e. The number of hydrogen-bond acceptors (Lipinski definition) is 4. The van der Waals surface area contributed by atoms with Gasteiger partial charge in [-0.3, -0.25) is 9.69 Å². The van der Waals surface area contributed by atoms with Crippen LogP contribution in [0.3, 0.4) is 0 Å². The number of hydrogen-bond donors (Lipinski definition) is 2. The predicted molar refractivity (Wildman–Crippen MR) is 81.3 cm³/mol. The van der Waals surface area contributed by atoms with Gasteiger partial charge in [0.05, 0.1) is 10.9 Å². The van der Waals surface area contributed by atoms with Crippen molar-refractivity contribution in [2.75, 3.05) is 18.4 Å². The summed E-state index contributed by atoms with van der Waals surface area (Å²) < 4.78 is 22.3. The number of anilines is 1. The van der Waals surface area contributed by atoms with E-state index >= 15 is 0 Å². The van der Waals surface area contributed by atoms with Gasteiger partial charge in [0.25, 0.3) is 0 Å². The molecule has 21 heavy (non-hydrogen) atoms. The van der Waals surface area contributed by atoms with Gasteiger partial charge < -0.3 is 5.32 Å². The van der Waals surface area contributed by atoms with E-state index in [1.54, 1.807) is 12.1 Å². The van der Waals surface area contributed by atoms with Crippen LogP contribution in [-0.4, -0.2) is 38.4 Å². The van der Waals surface area contributed by atoms with E-state index in [2.05, 4.69) is 10.2 Å². The average Bonchev–Trinajstić information content (AvgIpc) is 2.47. The van der Waals surface area contributed by atoms with Crippen molar-refractivity contribution >= 4 is 21.6 Å². The molecule has 0 aromatic heterocycles. The normalized spacial score (nSPS) is 18.2. The van der Waals surface area contributed by atoms with Crippen molar-refractivity contribution in [3.8, 4) is 0 Å². The summed E-state index contributed by atoms with van der Waals surface area (Å²) in [6.45, 7) is 3.78. The highest BCUT2D eigenvalue weighted by molar-refractivity contribution is 7.89. The Hall–Kier alpha value is -1.44. The highest BCUT2D eigenvalue weighted by atomic mass is 32.2. The van der Waals surface area contributed by atoms with E-state index in [-0.39, 0.29) is 16.8 Å². The summed E-state index contributed by atoms with van der Waals surface area (Å²) in [5, 5.41) is 7.83. The first-order chi connectivity index (χ1) is 9.88. The van der Waals surface area contributed by atoms with Gasteiger partial charge in [0, 0.05) is 5.69 Å². The summed E-state index contributed by atoms with van der Waals surface area (Å²) >= 11 is 0. The van der Waals surface area contributed by atoms with Gasteiger partial charge in [-0.05, 0) is 57.1 Å². The summed E-state index contributed by atoms with van der Waals surface area (Å²) in [4.78, 5) is 14.4. The Morgan fingerprint density at radius 2 is 1.76 bits per heavy atom. The molecular formula is C14H21N3O3S. The highest BCUT2D eigenvalue weighted by Gasteiger charge is 2.22. The molecule has 1 heterocycles. The number of sulfonamides is 1. The maximum atomic E-state index is 12.2. The van der Waals surface area contributed by atoms with Crippen molar-refractivity contribution in [2.45, 2.75) is 37.1 Å². The first-order valence-corrected chi connectivity index (χ1v) is 8.60. The fraction of sp³-hybridized carbons (Fsp3) is 0.500. The van der Waals surface area contributed by atoms with Crippen LogP contribution >= 0.6 is 0 Å². The number of amides is 1. The first kappa shape index (κ1) is 15.9. The number of benzene rings is 1. The van der Waals surface area contributed by atoms with Crippen LogP contribution in [0, 0.1) is 0 Å². The molecule has 2 rings (SSSR count). The van der Waals surface area contributed by atoms with Crippen LogP contribution in [0.5, 0.6) is 0 Å². The zero-order valence-electron chi connectivity index (χ0n) is 12.1. The third-order valence-corrected chi connectivity index (χ3v) is 4.70. The minimum Gasteiger partial charge on any atom is -0.325 e. The van der Waals surface area contributed by atoms with E-state index in [4.69, 9.17) is 5.14 Å². The zero-order valence-corrected chi connectivity index (χ0v) is 12.9. The third-order valence-electron chi connectivity index (χ3n) is 3.77. The van der Waals surface area contributed by atoms with Crippen molar-refractivity contribution in [1.82, 2.24) is 4.90 Å². The molecule has 1 fully saturated rings. The minimum absolute atomic E-state index is 0.0320. The molecular weight excluding hydrogens is 290 g/mol. The van der Waals surface area contributed by atoms with Crippen molar-refractivity contribution < 1.29 is 13.2 Å². The lowest BCUT2D eigenvalue weighted by Crippen LogP contribution is -2.44. The second-order valence-corrected chi connectivity index (χ2v) is 6.89. The molecule has 1 aromatic carbocycles. The van der Waals surface area contributed by atoms with Crippen molar-refractivity contribution in [2.24, 2.45) is 5.14 Å². The number of primary sulfonamides is 1. The number of nitrogens with one attached hydrogen (secondary N) is 1. The van der Waals surface area contributed by atoms with Gasteiger partial charge in [0.15, 0.2) is 0 Å². The Morgan fingerprint density at radius 1 is 1.19 bits per heavy atom. The Labute approximate surface area is 125 Å². The van der Waals surface area contributed by atoms with Crippen LogP contribution in [-0.2, 0) is 14.8 Å². The molecule has 0 radical (unpaired) electrons. The van der Waals surface area contributed by atoms with Gasteiger partial charge in [-0.25, -0.2) is 13.6 Å². The lowest BCUT2D eigenvalue weighted by atomic mass is 10.1. The number of piperidine rings is 1. The minimum atomic E-state index is -3.70. The number of nitrogens with two attached hydrogens (primary N) is 1. The van der Waals surface area contributed by atoms with Gasteiger partial charge in [0.1, 0.15) is 0 Å². The van der Waals surface area contributed by atoms with Crippen molar-refractivity contribution in [3.63, 3.8) is 0 Å². The van der Waals surface area contributed by atoms with Crippen molar-refractivity contribution in [1.29, 1.82) is 0 Å². The quantitative estimate of drug-likeness (QED) is 0.872. The average molecular weight is 311 g/mol. The van der Waals surface area contributed by atoms with Crippen LogP contribution in [0.1, 0.15) is 26.2 Å². The number of nitrogens with zero attached hydrogens (tertiary/aromatic N) is 1. The molecule has 0 aliphatic carbocycles. The summed E-state index contributed by atoms with van der Waals surface area (Å²) in [5.41, 5.74) is 0.566. The fourth-order valence-electron chi connectivity index (χ4n) is 2.45. The van der Waals surface area contributed by atoms with Gasteiger partial charge in [0.2, 0.25) is 15.9 Å². The maximum absolute atomic E-state index is 12.2. The van der Waals surface area contributed by atoms with E-state index in [0.29, 0.717) is 5.69 Å². The lowest BCUT2D eigenvalue weighted by Gasteiger charge is -2.31.